The molecule has 0 unspecified atom stereocenters. The maximum Gasteiger partial charge on any atom is 2.00 e. The molecule has 0 saturated carbocycles. The third-order valence-corrected chi connectivity index (χ3v) is 3.86. The molecule has 6 nitrogen and oxygen atoms in total. The Balaban J connectivity index is 0.000000642. The number of rotatable bonds is 4. The van der Waals surface area contributed by atoms with Crippen molar-refractivity contribution in [3.05, 3.63) is 58.7 Å². The van der Waals surface area contributed by atoms with Crippen LogP contribution in [0.25, 0.3) is 0 Å². The molecule has 0 heterocycles. The van der Waals surface area contributed by atoms with Crippen molar-refractivity contribution >= 4 is 49.7 Å². The van der Waals surface area contributed by atoms with Gasteiger partial charge in [-0.15, -0.1) is 0 Å². The molecular weight excluding hydrogens is 542 g/mol. The van der Waals surface area contributed by atoms with E-state index in [4.69, 9.17) is 10.2 Å². The van der Waals surface area contributed by atoms with Crippen molar-refractivity contribution in [3.63, 3.8) is 0 Å². The molecule has 2 N–H and O–H groups in total. The van der Waals surface area contributed by atoms with E-state index in [9.17, 15) is 63.7 Å². The van der Waals surface area contributed by atoms with Crippen LogP contribution >= 0.6 is 0 Å². The number of halogens is 10. The van der Waals surface area contributed by atoms with Crippen LogP contribution in [0.5, 0.6) is 11.5 Å². The molecular formula is C18H8CaF10O6. The predicted molar refractivity (Wildman–Crippen MR) is 91.3 cm³/mol. The molecule has 2 aromatic carbocycles. The predicted octanol–water partition coefficient (Wildman–Crippen LogP) is 3.84. The summed E-state index contributed by atoms with van der Waals surface area (Å²) in [6.45, 7) is 0. The average Bonchev–Trinajstić information content (AvgIpc) is 2.66. The number of benzene rings is 2. The molecule has 0 aliphatic heterocycles. The molecule has 0 aliphatic carbocycles. The smallest absolute Gasteiger partial charge is 0.872 e. The average molecular weight is 550 g/mol. The molecule has 0 atom stereocenters. The molecule has 0 spiro atoms. The van der Waals surface area contributed by atoms with E-state index in [1.165, 1.54) is 0 Å². The van der Waals surface area contributed by atoms with Crippen LogP contribution in [0.4, 0.5) is 43.9 Å². The van der Waals surface area contributed by atoms with E-state index in [-0.39, 0.29) is 62.0 Å². The van der Waals surface area contributed by atoms with Gasteiger partial charge in [0.2, 0.25) is 0 Å². The Bertz CT molecular complexity index is 997. The standard InChI is InChI=1S/2C9H5F5O3.Ca/c2*10-8(11,9(12,13)14)4-1-2-6(15)5(3-4)7(16)17;/h2*1-3,15H,(H,16,17);/q;;+2/p-2. The van der Waals surface area contributed by atoms with Gasteiger partial charge in [-0.2, -0.15) is 43.9 Å². The van der Waals surface area contributed by atoms with Crippen LogP contribution in [-0.2, 0) is 11.8 Å². The largest absolute Gasteiger partial charge is 2.00 e. The molecule has 2 rings (SSSR count). The third-order valence-electron chi connectivity index (χ3n) is 3.86. The number of carboxylic acid groups (broad SMARTS) is 2. The van der Waals surface area contributed by atoms with E-state index in [1.54, 1.807) is 0 Å². The molecule has 0 aliphatic rings. The van der Waals surface area contributed by atoms with E-state index >= 15 is 0 Å². The fourth-order valence-corrected chi connectivity index (χ4v) is 2.11. The quantitative estimate of drug-likeness (QED) is 0.441. The van der Waals surface area contributed by atoms with Crippen molar-refractivity contribution < 1.29 is 73.9 Å². The summed E-state index contributed by atoms with van der Waals surface area (Å²) >= 11 is 0. The van der Waals surface area contributed by atoms with Crippen molar-refractivity contribution in [1.82, 2.24) is 0 Å². The van der Waals surface area contributed by atoms with Crippen molar-refractivity contribution in [2.24, 2.45) is 0 Å². The molecule has 0 bridgehead atoms. The minimum absolute atomic E-state index is 0. The Kier molecular flexibility index (Phi) is 10.3. The van der Waals surface area contributed by atoms with Gasteiger partial charge in [-0.25, -0.2) is 9.59 Å². The second-order valence-electron chi connectivity index (χ2n) is 6.18. The summed E-state index contributed by atoms with van der Waals surface area (Å²) in [5, 5.41) is 38.6. The van der Waals surface area contributed by atoms with Crippen molar-refractivity contribution in [3.8, 4) is 11.5 Å². The van der Waals surface area contributed by atoms with Gasteiger partial charge in [0.1, 0.15) is 0 Å². The monoisotopic (exact) mass is 550 g/mol. The minimum atomic E-state index is -5.85. The zero-order chi connectivity index (χ0) is 26.9. The Hall–Kier alpha value is -2.46. The topological polar surface area (TPSA) is 121 Å². The van der Waals surface area contributed by atoms with Crippen LogP contribution in [0.1, 0.15) is 31.8 Å². The summed E-state index contributed by atoms with van der Waals surface area (Å²) in [7, 11) is 0. The van der Waals surface area contributed by atoms with Crippen molar-refractivity contribution in [2.75, 3.05) is 0 Å². The van der Waals surface area contributed by atoms with Crippen LogP contribution < -0.4 is 10.2 Å². The summed E-state index contributed by atoms with van der Waals surface area (Å²) in [5.41, 5.74) is -5.43. The van der Waals surface area contributed by atoms with Gasteiger partial charge in [0.25, 0.3) is 0 Å². The molecule has 0 amide bonds. The van der Waals surface area contributed by atoms with Gasteiger partial charge < -0.3 is 20.4 Å². The summed E-state index contributed by atoms with van der Waals surface area (Å²) in [6.07, 6.45) is -11.7. The van der Waals surface area contributed by atoms with Gasteiger partial charge in [0.05, 0.1) is 11.1 Å². The van der Waals surface area contributed by atoms with E-state index in [0.29, 0.717) is 12.1 Å². The SMILES string of the molecule is O=C(O)c1cc(C(F)(F)C(F)(F)F)ccc1[O-].O=C(O)c1cc(C(F)(F)C(F)(F)F)ccc1[O-].[Ca+2]. The second-order valence-corrected chi connectivity index (χ2v) is 6.18. The molecule has 0 radical (unpaired) electrons. The minimum Gasteiger partial charge on any atom is -0.872 e. The van der Waals surface area contributed by atoms with Crippen LogP contribution in [0, 0.1) is 0 Å². The van der Waals surface area contributed by atoms with Gasteiger partial charge in [-0.05, 0) is 12.1 Å². The van der Waals surface area contributed by atoms with Gasteiger partial charge in [0.15, 0.2) is 0 Å². The van der Waals surface area contributed by atoms with Gasteiger partial charge in [-0.1, -0.05) is 35.8 Å². The molecule has 17 heteroatoms. The normalized spacial score (nSPS) is 12.2. The molecule has 0 fully saturated rings. The fraction of sp³-hybridized carbons (Fsp3) is 0.222. The van der Waals surface area contributed by atoms with E-state index < -0.39 is 69.9 Å². The Labute approximate surface area is 217 Å². The van der Waals surface area contributed by atoms with Crippen LogP contribution in [-0.4, -0.2) is 72.2 Å². The molecule has 188 valence electrons. The molecule has 0 saturated heterocycles. The maximum atomic E-state index is 12.8. The number of aromatic carboxylic acids is 2. The fourth-order valence-electron chi connectivity index (χ4n) is 2.11. The van der Waals surface area contributed by atoms with Gasteiger partial charge >= 0.3 is 73.9 Å². The number of alkyl halides is 10. The summed E-state index contributed by atoms with van der Waals surface area (Å²) in [5.74, 6) is -16.4. The van der Waals surface area contributed by atoms with Crippen molar-refractivity contribution in [1.29, 1.82) is 0 Å². The first-order valence-electron chi connectivity index (χ1n) is 8.13. The summed E-state index contributed by atoms with van der Waals surface area (Å²) in [4.78, 5) is 20.8. The zero-order valence-electron chi connectivity index (χ0n) is 16.5. The third kappa shape index (κ3) is 7.27. The van der Waals surface area contributed by atoms with E-state index in [2.05, 4.69) is 0 Å². The molecule has 2 aromatic rings. The zero-order valence-corrected chi connectivity index (χ0v) is 18.7. The first-order valence-corrected chi connectivity index (χ1v) is 8.13. The number of carbonyl (C=O) groups is 2. The molecule has 0 aromatic heterocycles. The van der Waals surface area contributed by atoms with E-state index in [0.717, 1.165) is 0 Å². The second kappa shape index (κ2) is 11.1. The van der Waals surface area contributed by atoms with E-state index in [1.807, 2.05) is 0 Å². The molecule has 35 heavy (non-hydrogen) atoms. The number of hydrogen-bond acceptors (Lipinski definition) is 4. The van der Waals surface area contributed by atoms with Crippen LogP contribution in [0.15, 0.2) is 36.4 Å². The van der Waals surface area contributed by atoms with Crippen LogP contribution in [0.2, 0.25) is 0 Å². The Morgan fingerprint density at radius 2 is 0.857 bits per heavy atom. The number of hydrogen-bond donors (Lipinski definition) is 2. The maximum absolute atomic E-state index is 12.8. The van der Waals surface area contributed by atoms with Crippen molar-refractivity contribution in [2.45, 2.75) is 24.2 Å². The first-order chi connectivity index (χ1) is 15.1. The number of carboxylic acids is 2. The van der Waals surface area contributed by atoms with Gasteiger partial charge in [-0.3, -0.25) is 0 Å². The summed E-state index contributed by atoms with van der Waals surface area (Å²) < 4.78 is 123. The van der Waals surface area contributed by atoms with Gasteiger partial charge in [0, 0.05) is 11.1 Å². The Morgan fingerprint density at radius 3 is 1.06 bits per heavy atom. The summed E-state index contributed by atoms with van der Waals surface area (Å²) in [6, 6.07) is 1.28. The first kappa shape index (κ1) is 32.5. The Morgan fingerprint density at radius 1 is 0.600 bits per heavy atom. The van der Waals surface area contributed by atoms with Crippen LogP contribution in [0.3, 0.4) is 0 Å².